The summed E-state index contributed by atoms with van der Waals surface area (Å²) < 4.78 is 2.26. The van der Waals surface area contributed by atoms with Crippen LogP contribution >= 0.6 is 0 Å². The Morgan fingerprint density at radius 3 is 2.52 bits per heavy atom. The Bertz CT molecular complexity index is 1160. The van der Waals surface area contributed by atoms with Crippen LogP contribution in [0.2, 0.25) is 0 Å². The summed E-state index contributed by atoms with van der Waals surface area (Å²) in [5.41, 5.74) is 6.40. The molecule has 0 spiro atoms. The zero-order chi connectivity index (χ0) is 18.6. The maximum Gasteiger partial charge on any atom is 0.0998 e. The van der Waals surface area contributed by atoms with Crippen molar-refractivity contribution >= 4 is 22.6 Å². The van der Waals surface area contributed by atoms with Crippen LogP contribution in [-0.2, 0) is 6.54 Å². The highest BCUT2D eigenvalue weighted by atomic mass is 15.0. The number of benzene rings is 3. The van der Waals surface area contributed by atoms with Gasteiger partial charge in [0.05, 0.1) is 11.6 Å². The van der Waals surface area contributed by atoms with Gasteiger partial charge in [0.2, 0.25) is 0 Å². The molecule has 4 aromatic rings. The Balaban J connectivity index is 1.80. The summed E-state index contributed by atoms with van der Waals surface area (Å²) in [5.74, 6) is 0. The third-order valence-electron chi connectivity index (χ3n) is 4.76. The molecular formula is C25H20N2. The van der Waals surface area contributed by atoms with Crippen LogP contribution in [0.15, 0.2) is 85.1 Å². The van der Waals surface area contributed by atoms with Gasteiger partial charge in [0.15, 0.2) is 0 Å². The van der Waals surface area contributed by atoms with Crippen molar-refractivity contribution in [3.05, 3.63) is 107 Å². The number of fused-ring (bicyclic) bond motifs is 1. The molecule has 0 unspecified atom stereocenters. The van der Waals surface area contributed by atoms with Gasteiger partial charge in [-0.2, -0.15) is 5.26 Å². The summed E-state index contributed by atoms with van der Waals surface area (Å²) in [5, 5.41) is 10.8. The van der Waals surface area contributed by atoms with Crippen LogP contribution in [0.4, 0.5) is 0 Å². The minimum atomic E-state index is 0.675. The number of nitrogens with zero attached hydrogens (tertiary/aromatic N) is 2. The van der Waals surface area contributed by atoms with E-state index in [-0.39, 0.29) is 0 Å². The van der Waals surface area contributed by atoms with Gasteiger partial charge in [-0.25, -0.2) is 0 Å². The number of aromatic nitrogens is 1. The van der Waals surface area contributed by atoms with Gasteiger partial charge in [0.1, 0.15) is 0 Å². The van der Waals surface area contributed by atoms with Gasteiger partial charge in [0.25, 0.3) is 0 Å². The molecule has 0 saturated heterocycles. The standard InChI is InChI=1S/C25H20N2/c1-19-8-7-9-20(14-19)17-27-18-23(24-12-5-6-13-25(24)27)15-22(16-26)21-10-3-2-4-11-21/h2-15,18H,17H2,1H3/b22-15+. The van der Waals surface area contributed by atoms with E-state index in [9.17, 15) is 5.26 Å². The Hall–Kier alpha value is -3.57. The first-order valence-electron chi connectivity index (χ1n) is 9.05. The molecular weight excluding hydrogens is 328 g/mol. The third-order valence-corrected chi connectivity index (χ3v) is 4.76. The predicted molar refractivity (Wildman–Crippen MR) is 112 cm³/mol. The Kier molecular flexibility index (Phi) is 4.60. The van der Waals surface area contributed by atoms with E-state index in [1.807, 2.05) is 42.5 Å². The summed E-state index contributed by atoms with van der Waals surface area (Å²) in [4.78, 5) is 0. The van der Waals surface area contributed by atoms with Gasteiger partial charge in [-0.1, -0.05) is 78.4 Å². The molecule has 0 bridgehead atoms. The van der Waals surface area contributed by atoms with Crippen LogP contribution in [0.25, 0.3) is 22.6 Å². The molecule has 2 heteroatoms. The van der Waals surface area contributed by atoms with E-state index in [0.29, 0.717) is 5.57 Å². The van der Waals surface area contributed by atoms with Crippen LogP contribution in [0, 0.1) is 18.3 Å². The fourth-order valence-corrected chi connectivity index (χ4v) is 3.48. The van der Waals surface area contributed by atoms with Gasteiger partial charge >= 0.3 is 0 Å². The monoisotopic (exact) mass is 348 g/mol. The van der Waals surface area contributed by atoms with Crippen molar-refractivity contribution in [2.24, 2.45) is 0 Å². The topological polar surface area (TPSA) is 28.7 Å². The van der Waals surface area contributed by atoms with Crippen LogP contribution in [0.1, 0.15) is 22.3 Å². The Morgan fingerprint density at radius 2 is 1.74 bits per heavy atom. The summed E-state index contributed by atoms with van der Waals surface area (Å²) >= 11 is 0. The van der Waals surface area contributed by atoms with E-state index in [0.717, 1.165) is 23.1 Å². The Labute approximate surface area is 159 Å². The van der Waals surface area contributed by atoms with Gasteiger partial charge in [-0.15, -0.1) is 0 Å². The highest BCUT2D eigenvalue weighted by Crippen LogP contribution is 2.27. The van der Waals surface area contributed by atoms with Crippen molar-refractivity contribution in [2.75, 3.05) is 0 Å². The van der Waals surface area contributed by atoms with E-state index >= 15 is 0 Å². The van der Waals surface area contributed by atoms with Crippen LogP contribution < -0.4 is 0 Å². The molecule has 1 heterocycles. The highest BCUT2D eigenvalue weighted by Gasteiger charge is 2.09. The van der Waals surface area contributed by atoms with Crippen molar-refractivity contribution in [3.8, 4) is 6.07 Å². The molecule has 0 N–H and O–H groups in total. The Morgan fingerprint density at radius 1 is 0.963 bits per heavy atom. The molecule has 0 aliphatic rings. The van der Waals surface area contributed by atoms with Crippen LogP contribution in [0.3, 0.4) is 0 Å². The number of allylic oxidation sites excluding steroid dienone is 1. The molecule has 130 valence electrons. The number of rotatable bonds is 4. The first-order valence-corrected chi connectivity index (χ1v) is 9.05. The highest BCUT2D eigenvalue weighted by molar-refractivity contribution is 5.98. The van der Waals surface area contributed by atoms with Crippen molar-refractivity contribution in [2.45, 2.75) is 13.5 Å². The van der Waals surface area contributed by atoms with Crippen molar-refractivity contribution in [1.82, 2.24) is 4.57 Å². The quantitative estimate of drug-likeness (QED) is 0.412. The van der Waals surface area contributed by atoms with Crippen molar-refractivity contribution in [1.29, 1.82) is 5.26 Å². The zero-order valence-corrected chi connectivity index (χ0v) is 15.3. The number of hydrogen-bond donors (Lipinski definition) is 0. The lowest BCUT2D eigenvalue weighted by atomic mass is 10.0. The molecule has 0 amide bonds. The molecule has 0 aliphatic heterocycles. The van der Waals surface area contributed by atoms with Crippen LogP contribution in [0.5, 0.6) is 0 Å². The maximum atomic E-state index is 9.66. The number of hydrogen-bond acceptors (Lipinski definition) is 1. The fourth-order valence-electron chi connectivity index (χ4n) is 3.48. The summed E-state index contributed by atoms with van der Waals surface area (Å²) in [6, 6.07) is 29.1. The predicted octanol–water partition coefficient (Wildman–Crippen LogP) is 6.06. The molecule has 3 aromatic carbocycles. The lowest BCUT2D eigenvalue weighted by Crippen LogP contribution is -1.97. The normalized spacial score (nSPS) is 11.5. The molecule has 1 aromatic heterocycles. The van der Waals surface area contributed by atoms with Gasteiger partial charge < -0.3 is 4.57 Å². The molecule has 2 nitrogen and oxygen atoms in total. The minimum Gasteiger partial charge on any atom is -0.342 e. The minimum absolute atomic E-state index is 0.675. The zero-order valence-electron chi connectivity index (χ0n) is 15.3. The smallest absolute Gasteiger partial charge is 0.0998 e. The van der Waals surface area contributed by atoms with E-state index < -0.39 is 0 Å². The van der Waals surface area contributed by atoms with E-state index in [1.165, 1.54) is 16.6 Å². The largest absolute Gasteiger partial charge is 0.342 e. The molecule has 27 heavy (non-hydrogen) atoms. The van der Waals surface area contributed by atoms with Crippen LogP contribution in [-0.4, -0.2) is 4.57 Å². The summed E-state index contributed by atoms with van der Waals surface area (Å²) in [6.45, 7) is 2.92. The second-order valence-electron chi connectivity index (χ2n) is 6.75. The lowest BCUT2D eigenvalue weighted by molar-refractivity contribution is 0.835. The van der Waals surface area contributed by atoms with Crippen molar-refractivity contribution < 1.29 is 0 Å². The number of para-hydroxylation sites is 1. The second kappa shape index (κ2) is 7.35. The maximum absolute atomic E-state index is 9.66. The van der Waals surface area contributed by atoms with E-state index in [2.05, 4.69) is 66.2 Å². The van der Waals surface area contributed by atoms with Gasteiger partial charge in [0, 0.05) is 29.2 Å². The first-order chi connectivity index (χ1) is 13.2. The average Bonchev–Trinajstić information content (AvgIpc) is 3.04. The first kappa shape index (κ1) is 16.9. The van der Waals surface area contributed by atoms with Crippen molar-refractivity contribution in [3.63, 3.8) is 0 Å². The van der Waals surface area contributed by atoms with E-state index in [1.54, 1.807) is 0 Å². The molecule has 0 saturated carbocycles. The molecule has 0 aliphatic carbocycles. The number of aryl methyl sites for hydroxylation is 1. The third kappa shape index (κ3) is 3.54. The lowest BCUT2D eigenvalue weighted by Gasteiger charge is -2.06. The van der Waals surface area contributed by atoms with E-state index in [4.69, 9.17) is 0 Å². The van der Waals surface area contributed by atoms with Gasteiger partial charge in [-0.05, 0) is 30.2 Å². The second-order valence-corrected chi connectivity index (χ2v) is 6.75. The van der Waals surface area contributed by atoms with Gasteiger partial charge in [-0.3, -0.25) is 0 Å². The SMILES string of the molecule is Cc1cccc(Cn2cc(/C=C(\C#N)c3ccccc3)c3ccccc32)c1. The fraction of sp³-hybridized carbons (Fsp3) is 0.0800. The average molecular weight is 348 g/mol. The summed E-state index contributed by atoms with van der Waals surface area (Å²) in [7, 11) is 0. The molecule has 0 radical (unpaired) electrons. The molecule has 4 rings (SSSR count). The molecule has 0 atom stereocenters. The number of nitriles is 1. The molecule has 0 fully saturated rings. The summed E-state index contributed by atoms with van der Waals surface area (Å²) in [6.07, 6.45) is 4.14.